The van der Waals surface area contributed by atoms with Crippen LogP contribution < -0.4 is 0 Å². The third kappa shape index (κ3) is 8.80. The number of carbonyl (C=O) groups excluding carboxylic acids is 1. The number of aliphatic carboxylic acids is 1. The first-order valence-corrected chi connectivity index (χ1v) is 11.1. The summed E-state index contributed by atoms with van der Waals surface area (Å²) in [4.78, 5) is 24.1. The number of nitrogens with zero attached hydrogens (tertiary/aromatic N) is 1. The van der Waals surface area contributed by atoms with Gasteiger partial charge in [-0.05, 0) is 38.5 Å². The van der Waals surface area contributed by atoms with E-state index < -0.39 is 21.9 Å². The number of carbonyl (C=O) groups is 2. The number of carboxylic acids is 1. The number of aliphatic hydroxyl groups excluding tert-OH is 1. The molecule has 1 aliphatic rings. The lowest BCUT2D eigenvalue weighted by molar-refractivity contribution is -0.137. The number of aliphatic hydroxyl groups is 1. The van der Waals surface area contributed by atoms with Gasteiger partial charge in [0.2, 0.25) is 5.91 Å². The molecule has 8 heteroatoms. The first-order chi connectivity index (χ1) is 12.2. The Hall–Kier alpha value is -1.41. The Morgan fingerprint density at radius 1 is 1.35 bits per heavy atom. The summed E-state index contributed by atoms with van der Waals surface area (Å²) in [6.45, 7) is 2.17. The van der Waals surface area contributed by atoms with Crippen molar-refractivity contribution in [1.82, 2.24) is 4.90 Å². The zero-order valence-corrected chi connectivity index (χ0v) is 16.3. The molecule has 1 amide bonds. The van der Waals surface area contributed by atoms with Crippen LogP contribution in [0.25, 0.3) is 0 Å². The van der Waals surface area contributed by atoms with Crippen LogP contribution in [-0.4, -0.2) is 65.6 Å². The van der Waals surface area contributed by atoms with Crippen molar-refractivity contribution in [2.24, 2.45) is 0 Å². The van der Waals surface area contributed by atoms with Crippen molar-refractivity contribution in [3.8, 4) is 0 Å². The van der Waals surface area contributed by atoms with Gasteiger partial charge in [0.05, 0.1) is 17.6 Å². The van der Waals surface area contributed by atoms with E-state index in [0.717, 1.165) is 6.42 Å². The number of sulfone groups is 1. The Labute approximate surface area is 156 Å². The predicted molar refractivity (Wildman–Crippen MR) is 99.5 cm³/mol. The fourth-order valence-corrected chi connectivity index (χ4v) is 4.37. The van der Waals surface area contributed by atoms with E-state index in [1.165, 1.54) is 0 Å². The number of allylic oxidation sites excluding steroid dienone is 1. The number of amides is 1. The van der Waals surface area contributed by atoms with Crippen LogP contribution in [0.1, 0.15) is 58.3 Å². The van der Waals surface area contributed by atoms with Gasteiger partial charge < -0.3 is 15.1 Å². The van der Waals surface area contributed by atoms with Crippen molar-refractivity contribution < 1.29 is 28.2 Å². The van der Waals surface area contributed by atoms with Gasteiger partial charge in [-0.3, -0.25) is 9.59 Å². The Morgan fingerprint density at radius 2 is 2.08 bits per heavy atom. The normalized spacial score (nSPS) is 19.4. The SMILES string of the molecule is CC/C=C/CC(O)CC[C@@H]1CCC(=O)N1CCS(=O)(=O)CCCC(=O)O. The molecule has 0 spiro atoms. The smallest absolute Gasteiger partial charge is 0.303 e. The molecule has 7 nitrogen and oxygen atoms in total. The first kappa shape index (κ1) is 22.6. The van der Waals surface area contributed by atoms with Gasteiger partial charge in [-0.2, -0.15) is 0 Å². The van der Waals surface area contributed by atoms with E-state index in [2.05, 4.69) is 0 Å². The Bertz CT molecular complexity index is 586. The second-order valence-electron chi connectivity index (χ2n) is 6.78. The molecule has 0 aromatic rings. The third-order valence-corrected chi connectivity index (χ3v) is 6.30. The Morgan fingerprint density at radius 3 is 2.73 bits per heavy atom. The van der Waals surface area contributed by atoms with E-state index in [4.69, 9.17) is 5.11 Å². The average Bonchev–Trinajstić information content (AvgIpc) is 2.91. The fourth-order valence-electron chi connectivity index (χ4n) is 3.11. The van der Waals surface area contributed by atoms with Crippen LogP contribution in [0, 0.1) is 0 Å². The van der Waals surface area contributed by atoms with Gasteiger partial charge in [-0.15, -0.1) is 0 Å². The summed E-state index contributed by atoms with van der Waals surface area (Å²) in [6.07, 6.45) is 7.28. The van der Waals surface area contributed by atoms with E-state index in [-0.39, 0.29) is 42.8 Å². The minimum Gasteiger partial charge on any atom is -0.481 e. The van der Waals surface area contributed by atoms with Crippen molar-refractivity contribution in [3.63, 3.8) is 0 Å². The quantitative estimate of drug-likeness (QED) is 0.464. The second kappa shape index (κ2) is 11.3. The van der Waals surface area contributed by atoms with Gasteiger partial charge in [-0.1, -0.05) is 19.1 Å². The van der Waals surface area contributed by atoms with Crippen LogP contribution in [0.5, 0.6) is 0 Å². The monoisotopic (exact) mass is 389 g/mol. The van der Waals surface area contributed by atoms with E-state index in [1.54, 1.807) is 4.90 Å². The number of hydrogen-bond donors (Lipinski definition) is 2. The van der Waals surface area contributed by atoms with E-state index in [9.17, 15) is 23.1 Å². The first-order valence-electron chi connectivity index (χ1n) is 9.30. The average molecular weight is 390 g/mol. The Kier molecular flexibility index (Phi) is 9.87. The molecule has 0 bridgehead atoms. The van der Waals surface area contributed by atoms with Crippen LogP contribution in [0.15, 0.2) is 12.2 Å². The molecular formula is C18H31NO6S. The molecule has 150 valence electrons. The molecule has 1 aliphatic heterocycles. The molecule has 0 aromatic carbocycles. The molecule has 0 aromatic heterocycles. The maximum absolute atomic E-state index is 12.0. The minimum atomic E-state index is -3.37. The standard InChI is InChI=1S/C18H31NO6S/c1-2-3-4-6-16(20)10-8-15-9-11-17(21)19(15)12-14-26(24,25)13-5-7-18(22)23/h3-4,15-16,20H,2,5-14H2,1H3,(H,22,23)/b4-3+/t15-,16?/m1/s1. The second-order valence-corrected chi connectivity index (χ2v) is 9.08. The van der Waals surface area contributed by atoms with Crippen LogP contribution in [-0.2, 0) is 19.4 Å². The molecule has 0 aliphatic carbocycles. The summed E-state index contributed by atoms with van der Waals surface area (Å²) in [7, 11) is -3.37. The lowest BCUT2D eigenvalue weighted by atomic mass is 10.0. The zero-order chi connectivity index (χ0) is 19.6. The van der Waals surface area contributed by atoms with E-state index >= 15 is 0 Å². The number of carboxylic acid groups (broad SMARTS) is 1. The van der Waals surface area contributed by atoms with Crippen LogP contribution >= 0.6 is 0 Å². The molecule has 26 heavy (non-hydrogen) atoms. The summed E-state index contributed by atoms with van der Waals surface area (Å²) in [5, 5.41) is 18.6. The zero-order valence-electron chi connectivity index (χ0n) is 15.5. The number of rotatable bonds is 13. The summed E-state index contributed by atoms with van der Waals surface area (Å²) in [6, 6.07) is -0.0264. The van der Waals surface area contributed by atoms with Gasteiger partial charge in [0.15, 0.2) is 9.84 Å². The summed E-state index contributed by atoms with van der Waals surface area (Å²) in [5.74, 6) is -1.37. The molecule has 2 atom stereocenters. The van der Waals surface area contributed by atoms with Crippen LogP contribution in [0.3, 0.4) is 0 Å². The molecule has 1 saturated heterocycles. The van der Waals surface area contributed by atoms with Crippen molar-refractivity contribution in [2.75, 3.05) is 18.1 Å². The summed E-state index contributed by atoms with van der Waals surface area (Å²) < 4.78 is 24.0. The molecular weight excluding hydrogens is 358 g/mol. The highest BCUT2D eigenvalue weighted by Gasteiger charge is 2.31. The fraction of sp³-hybridized carbons (Fsp3) is 0.778. The largest absolute Gasteiger partial charge is 0.481 e. The lowest BCUT2D eigenvalue weighted by Crippen LogP contribution is -2.37. The lowest BCUT2D eigenvalue weighted by Gasteiger charge is -2.25. The molecule has 0 saturated carbocycles. The summed E-state index contributed by atoms with van der Waals surface area (Å²) >= 11 is 0. The van der Waals surface area contributed by atoms with Crippen molar-refractivity contribution in [3.05, 3.63) is 12.2 Å². The molecule has 1 rings (SSSR count). The van der Waals surface area contributed by atoms with Gasteiger partial charge in [-0.25, -0.2) is 8.42 Å². The molecule has 1 fully saturated rings. The number of hydrogen-bond acceptors (Lipinski definition) is 5. The van der Waals surface area contributed by atoms with Crippen molar-refractivity contribution in [2.45, 2.75) is 70.4 Å². The minimum absolute atomic E-state index is 0.0264. The molecule has 2 N–H and O–H groups in total. The van der Waals surface area contributed by atoms with Gasteiger partial charge in [0, 0.05) is 25.4 Å². The highest BCUT2D eigenvalue weighted by atomic mass is 32.2. The highest BCUT2D eigenvalue weighted by Crippen LogP contribution is 2.23. The molecule has 1 heterocycles. The van der Waals surface area contributed by atoms with Gasteiger partial charge in [0.25, 0.3) is 0 Å². The van der Waals surface area contributed by atoms with E-state index in [0.29, 0.717) is 32.1 Å². The van der Waals surface area contributed by atoms with E-state index in [1.807, 2.05) is 19.1 Å². The maximum atomic E-state index is 12.0. The van der Waals surface area contributed by atoms with Crippen molar-refractivity contribution in [1.29, 1.82) is 0 Å². The topological polar surface area (TPSA) is 112 Å². The van der Waals surface area contributed by atoms with Gasteiger partial charge >= 0.3 is 5.97 Å². The maximum Gasteiger partial charge on any atom is 0.303 e. The van der Waals surface area contributed by atoms with Crippen molar-refractivity contribution >= 4 is 21.7 Å². The number of likely N-dealkylation sites (tertiary alicyclic amines) is 1. The van der Waals surface area contributed by atoms with Gasteiger partial charge in [0.1, 0.15) is 0 Å². The Balaban J connectivity index is 2.44. The van der Waals surface area contributed by atoms with Crippen LogP contribution in [0.2, 0.25) is 0 Å². The summed E-state index contributed by atoms with van der Waals surface area (Å²) in [5.41, 5.74) is 0. The van der Waals surface area contributed by atoms with Crippen LogP contribution in [0.4, 0.5) is 0 Å². The molecule has 0 radical (unpaired) electrons. The predicted octanol–water partition coefficient (Wildman–Crippen LogP) is 1.75. The highest BCUT2D eigenvalue weighted by molar-refractivity contribution is 7.91. The third-order valence-electron chi connectivity index (χ3n) is 4.59. The molecule has 1 unspecified atom stereocenters.